The Bertz CT molecular complexity index is 628. The number of nitrogens with one attached hydrogen (secondary N) is 2. The lowest BCUT2D eigenvalue weighted by atomic mass is 10.0. The third kappa shape index (κ3) is 2.77. The third-order valence-corrected chi connectivity index (χ3v) is 3.84. The van der Waals surface area contributed by atoms with Crippen molar-refractivity contribution in [1.29, 1.82) is 0 Å². The van der Waals surface area contributed by atoms with Crippen LogP contribution in [0.25, 0.3) is 10.9 Å². The van der Waals surface area contributed by atoms with Gasteiger partial charge < -0.3 is 20.9 Å². The summed E-state index contributed by atoms with van der Waals surface area (Å²) in [5.41, 5.74) is 7.85. The number of anilines is 1. The number of carbonyl (C=O) groups excluding carboxylic acids is 1. The summed E-state index contributed by atoms with van der Waals surface area (Å²) in [7, 11) is 4.00. The van der Waals surface area contributed by atoms with Crippen molar-refractivity contribution in [3.8, 4) is 0 Å². The van der Waals surface area contributed by atoms with E-state index in [1.54, 1.807) is 12.3 Å². The number of benzene rings is 1. The molecule has 0 saturated heterocycles. The molecule has 0 aliphatic heterocycles. The minimum atomic E-state index is -0.0911. The molecule has 0 unspecified atom stereocenters. The van der Waals surface area contributed by atoms with Crippen LogP contribution in [0, 0.1) is 0 Å². The lowest BCUT2D eigenvalue weighted by Gasteiger charge is -2.32. The monoisotopic (exact) mass is 274 g/mol. The first-order chi connectivity index (χ1) is 9.31. The van der Waals surface area contributed by atoms with Gasteiger partial charge in [0, 0.05) is 34.9 Å². The van der Waals surface area contributed by atoms with Gasteiger partial charge in [-0.2, -0.15) is 0 Å². The number of carbonyl (C=O) groups is 1. The van der Waals surface area contributed by atoms with E-state index in [-0.39, 0.29) is 11.4 Å². The maximum absolute atomic E-state index is 12.3. The number of nitrogen functional groups attached to an aromatic ring is 1. The van der Waals surface area contributed by atoms with Crippen molar-refractivity contribution in [3.05, 3.63) is 30.0 Å². The number of hydrogen-bond donors (Lipinski definition) is 3. The van der Waals surface area contributed by atoms with Crippen LogP contribution < -0.4 is 11.1 Å². The molecule has 1 aromatic carbocycles. The standard InChI is InChI=1S/C15H22N4O/c1-15(2,19(3)4)9-18-14(20)12-8-17-13-7-10(16)5-6-11(12)13/h5-8,17H,9,16H2,1-4H3,(H,18,20). The Kier molecular flexibility index (Phi) is 3.72. The van der Waals surface area contributed by atoms with Crippen molar-refractivity contribution in [2.45, 2.75) is 19.4 Å². The Morgan fingerprint density at radius 2 is 2.10 bits per heavy atom. The first kappa shape index (κ1) is 14.4. The predicted octanol–water partition coefficient (Wildman–Crippen LogP) is 1.82. The predicted molar refractivity (Wildman–Crippen MR) is 82.8 cm³/mol. The molecule has 1 aromatic heterocycles. The summed E-state index contributed by atoms with van der Waals surface area (Å²) in [5.74, 6) is -0.0732. The number of aromatic amines is 1. The fourth-order valence-corrected chi connectivity index (χ4v) is 1.88. The molecule has 2 rings (SSSR count). The minimum Gasteiger partial charge on any atom is -0.399 e. The molecule has 0 atom stereocenters. The first-order valence-corrected chi connectivity index (χ1v) is 6.63. The molecule has 0 spiro atoms. The van der Waals surface area contributed by atoms with Crippen LogP contribution in [0.1, 0.15) is 24.2 Å². The molecule has 0 aliphatic carbocycles. The van der Waals surface area contributed by atoms with Crippen LogP contribution >= 0.6 is 0 Å². The zero-order valence-electron chi connectivity index (χ0n) is 12.4. The van der Waals surface area contributed by atoms with E-state index in [1.165, 1.54) is 0 Å². The van der Waals surface area contributed by atoms with Crippen molar-refractivity contribution in [3.63, 3.8) is 0 Å². The molecule has 4 N–H and O–H groups in total. The van der Waals surface area contributed by atoms with Crippen molar-refractivity contribution >= 4 is 22.5 Å². The van der Waals surface area contributed by atoms with Gasteiger partial charge in [-0.25, -0.2) is 0 Å². The lowest BCUT2D eigenvalue weighted by molar-refractivity contribution is 0.0921. The first-order valence-electron chi connectivity index (χ1n) is 6.63. The Labute approximate surface area is 119 Å². The van der Waals surface area contributed by atoms with Gasteiger partial charge in [0.25, 0.3) is 5.91 Å². The van der Waals surface area contributed by atoms with Gasteiger partial charge in [0.1, 0.15) is 0 Å². The second-order valence-electron chi connectivity index (χ2n) is 5.90. The number of likely N-dealkylation sites (N-methyl/N-ethyl adjacent to an activating group) is 1. The Morgan fingerprint density at radius 1 is 1.40 bits per heavy atom. The summed E-state index contributed by atoms with van der Waals surface area (Å²) in [6.07, 6.45) is 1.72. The molecular formula is C15H22N4O. The summed E-state index contributed by atoms with van der Waals surface area (Å²) >= 11 is 0. The number of fused-ring (bicyclic) bond motifs is 1. The highest BCUT2D eigenvalue weighted by molar-refractivity contribution is 6.07. The molecule has 5 nitrogen and oxygen atoms in total. The molecule has 0 bridgehead atoms. The maximum atomic E-state index is 12.3. The fourth-order valence-electron chi connectivity index (χ4n) is 1.88. The highest BCUT2D eigenvalue weighted by atomic mass is 16.1. The van der Waals surface area contributed by atoms with Gasteiger partial charge >= 0.3 is 0 Å². The summed E-state index contributed by atoms with van der Waals surface area (Å²) in [5, 5.41) is 3.87. The molecular weight excluding hydrogens is 252 g/mol. The van der Waals surface area contributed by atoms with Crippen LogP contribution in [0.2, 0.25) is 0 Å². The van der Waals surface area contributed by atoms with Crippen LogP contribution in [-0.4, -0.2) is 42.0 Å². The average Bonchev–Trinajstić information content (AvgIpc) is 2.78. The van der Waals surface area contributed by atoms with Gasteiger partial charge in [-0.05, 0) is 46.1 Å². The number of aromatic nitrogens is 1. The van der Waals surface area contributed by atoms with Gasteiger partial charge in [0.2, 0.25) is 0 Å². The topological polar surface area (TPSA) is 74.2 Å². The number of H-pyrrole nitrogens is 1. The van der Waals surface area contributed by atoms with E-state index in [1.807, 2.05) is 26.2 Å². The van der Waals surface area contributed by atoms with Crippen LogP contribution in [0.5, 0.6) is 0 Å². The second kappa shape index (κ2) is 5.17. The summed E-state index contributed by atoms with van der Waals surface area (Å²) in [6.45, 7) is 4.76. The zero-order chi connectivity index (χ0) is 14.9. The van der Waals surface area contributed by atoms with Crippen molar-refractivity contribution in [2.24, 2.45) is 0 Å². The molecule has 20 heavy (non-hydrogen) atoms. The summed E-state index contributed by atoms with van der Waals surface area (Å²) < 4.78 is 0. The van der Waals surface area contributed by atoms with Gasteiger partial charge in [-0.15, -0.1) is 0 Å². The lowest BCUT2D eigenvalue weighted by Crippen LogP contribution is -2.48. The van der Waals surface area contributed by atoms with Crippen molar-refractivity contribution in [2.75, 3.05) is 26.4 Å². The molecule has 108 valence electrons. The zero-order valence-corrected chi connectivity index (χ0v) is 12.4. The van der Waals surface area contributed by atoms with E-state index in [0.29, 0.717) is 17.8 Å². The number of nitrogens with two attached hydrogens (primary N) is 1. The molecule has 1 heterocycles. The molecule has 0 radical (unpaired) electrons. The molecule has 0 saturated carbocycles. The van der Waals surface area contributed by atoms with Crippen molar-refractivity contribution in [1.82, 2.24) is 15.2 Å². The van der Waals surface area contributed by atoms with E-state index < -0.39 is 0 Å². The average molecular weight is 274 g/mol. The number of rotatable bonds is 4. The van der Waals surface area contributed by atoms with E-state index in [0.717, 1.165) is 10.9 Å². The van der Waals surface area contributed by atoms with Crippen LogP contribution in [0.15, 0.2) is 24.4 Å². The molecule has 1 amide bonds. The van der Waals surface area contributed by atoms with Crippen LogP contribution in [-0.2, 0) is 0 Å². The maximum Gasteiger partial charge on any atom is 0.253 e. The van der Waals surface area contributed by atoms with Crippen LogP contribution in [0.4, 0.5) is 5.69 Å². The van der Waals surface area contributed by atoms with E-state index in [2.05, 4.69) is 29.0 Å². The number of amides is 1. The van der Waals surface area contributed by atoms with Gasteiger partial charge in [-0.1, -0.05) is 0 Å². The van der Waals surface area contributed by atoms with E-state index in [9.17, 15) is 4.79 Å². The van der Waals surface area contributed by atoms with Crippen molar-refractivity contribution < 1.29 is 4.79 Å². The molecule has 2 aromatic rings. The van der Waals surface area contributed by atoms with Gasteiger partial charge in [0.15, 0.2) is 0 Å². The largest absolute Gasteiger partial charge is 0.399 e. The fraction of sp³-hybridized carbons (Fsp3) is 0.400. The minimum absolute atomic E-state index is 0.0732. The van der Waals surface area contributed by atoms with E-state index in [4.69, 9.17) is 5.73 Å². The van der Waals surface area contributed by atoms with Crippen LogP contribution in [0.3, 0.4) is 0 Å². The van der Waals surface area contributed by atoms with Gasteiger partial charge in [0.05, 0.1) is 5.56 Å². The van der Waals surface area contributed by atoms with Gasteiger partial charge in [-0.3, -0.25) is 4.79 Å². The molecule has 5 heteroatoms. The third-order valence-electron chi connectivity index (χ3n) is 3.84. The second-order valence-corrected chi connectivity index (χ2v) is 5.90. The quantitative estimate of drug-likeness (QED) is 0.745. The Balaban J connectivity index is 2.16. The SMILES string of the molecule is CN(C)C(C)(C)CNC(=O)c1c[nH]c2cc(N)ccc12. The number of hydrogen-bond acceptors (Lipinski definition) is 3. The summed E-state index contributed by atoms with van der Waals surface area (Å²) in [6, 6.07) is 5.50. The molecule has 0 aliphatic rings. The molecule has 0 fully saturated rings. The Morgan fingerprint density at radius 3 is 2.75 bits per heavy atom. The highest BCUT2D eigenvalue weighted by Gasteiger charge is 2.22. The smallest absolute Gasteiger partial charge is 0.253 e. The normalized spacial score (nSPS) is 12.1. The van der Waals surface area contributed by atoms with E-state index >= 15 is 0 Å². The Hall–Kier alpha value is -2.01. The highest BCUT2D eigenvalue weighted by Crippen LogP contribution is 2.20. The summed E-state index contributed by atoms with van der Waals surface area (Å²) in [4.78, 5) is 17.5. The number of nitrogens with zero attached hydrogens (tertiary/aromatic N) is 1.